The molecule has 3 N–H and O–H groups in total. The average Bonchev–Trinajstić information content (AvgIpc) is 2.65. The Bertz CT molecular complexity index is 762. The highest BCUT2D eigenvalue weighted by atomic mass is 32.1. The van der Waals surface area contributed by atoms with Crippen molar-refractivity contribution >= 4 is 40.1 Å². The molecule has 0 saturated carbocycles. The van der Waals surface area contributed by atoms with Gasteiger partial charge in [0.25, 0.3) is 0 Å². The van der Waals surface area contributed by atoms with Crippen LogP contribution in [0.15, 0.2) is 29.1 Å². The average molecular weight is 321 g/mol. The number of carbonyl (C=O) groups excluding carboxylic acids is 1. The quantitative estimate of drug-likeness (QED) is 0.842. The largest absolute Gasteiger partial charge is 0.389 e. The van der Waals surface area contributed by atoms with Gasteiger partial charge in [-0.1, -0.05) is 35.7 Å². The fourth-order valence-corrected chi connectivity index (χ4v) is 2.82. The van der Waals surface area contributed by atoms with Gasteiger partial charge in [-0.25, -0.2) is 0 Å². The lowest BCUT2D eigenvalue weighted by Crippen LogP contribution is -2.25. The SMILES string of the molecule is Cc1sc(=O)n(CC(=O)Nc2cccc(C(N)=S)c2)c1C. The van der Waals surface area contributed by atoms with Crippen LogP contribution in [-0.4, -0.2) is 15.5 Å². The number of nitrogens with zero attached hydrogens (tertiary/aromatic N) is 1. The van der Waals surface area contributed by atoms with Gasteiger partial charge in [-0.2, -0.15) is 0 Å². The lowest BCUT2D eigenvalue weighted by atomic mass is 10.2. The van der Waals surface area contributed by atoms with Crippen molar-refractivity contribution in [2.75, 3.05) is 5.32 Å². The topological polar surface area (TPSA) is 77.1 Å². The van der Waals surface area contributed by atoms with Gasteiger partial charge >= 0.3 is 4.87 Å². The van der Waals surface area contributed by atoms with Gasteiger partial charge in [0.15, 0.2) is 0 Å². The van der Waals surface area contributed by atoms with Crippen molar-refractivity contribution in [3.63, 3.8) is 0 Å². The molecule has 0 spiro atoms. The molecule has 0 atom stereocenters. The van der Waals surface area contributed by atoms with Crippen LogP contribution in [0, 0.1) is 13.8 Å². The summed E-state index contributed by atoms with van der Waals surface area (Å²) in [5.74, 6) is -0.266. The van der Waals surface area contributed by atoms with Crippen molar-refractivity contribution in [1.29, 1.82) is 0 Å². The molecular formula is C14H15N3O2S2. The second kappa shape index (κ2) is 6.19. The molecule has 21 heavy (non-hydrogen) atoms. The van der Waals surface area contributed by atoms with Crippen LogP contribution >= 0.6 is 23.6 Å². The highest BCUT2D eigenvalue weighted by Gasteiger charge is 2.11. The zero-order valence-corrected chi connectivity index (χ0v) is 13.3. The van der Waals surface area contributed by atoms with E-state index in [2.05, 4.69) is 5.32 Å². The first-order chi connectivity index (χ1) is 9.88. The summed E-state index contributed by atoms with van der Waals surface area (Å²) in [5, 5.41) is 2.74. The molecule has 2 aromatic rings. The summed E-state index contributed by atoms with van der Waals surface area (Å²) in [6, 6.07) is 6.98. The first-order valence-electron chi connectivity index (χ1n) is 6.25. The number of hydrogen-bond donors (Lipinski definition) is 2. The predicted octanol–water partition coefficient (Wildman–Crippen LogP) is 1.80. The van der Waals surface area contributed by atoms with E-state index in [4.69, 9.17) is 18.0 Å². The molecule has 0 aliphatic carbocycles. The minimum absolute atomic E-state index is 0.00763. The number of nitrogens with one attached hydrogen (secondary N) is 1. The van der Waals surface area contributed by atoms with Gasteiger partial charge < -0.3 is 11.1 Å². The first-order valence-corrected chi connectivity index (χ1v) is 7.47. The van der Waals surface area contributed by atoms with E-state index >= 15 is 0 Å². The third-order valence-electron chi connectivity index (χ3n) is 3.11. The van der Waals surface area contributed by atoms with E-state index in [1.807, 2.05) is 13.8 Å². The molecule has 1 aromatic heterocycles. The molecular weight excluding hydrogens is 306 g/mol. The second-order valence-corrected chi connectivity index (χ2v) is 6.19. The third kappa shape index (κ3) is 3.56. The van der Waals surface area contributed by atoms with Gasteiger partial charge in [0, 0.05) is 21.8 Å². The molecule has 5 nitrogen and oxygen atoms in total. The molecule has 0 aliphatic rings. The normalized spacial score (nSPS) is 10.4. The lowest BCUT2D eigenvalue weighted by molar-refractivity contribution is -0.116. The molecule has 7 heteroatoms. The maximum atomic E-state index is 12.0. The maximum absolute atomic E-state index is 12.0. The Morgan fingerprint density at radius 2 is 2.14 bits per heavy atom. The molecule has 2 rings (SSSR count). The Hall–Kier alpha value is -1.99. The van der Waals surface area contributed by atoms with Crippen molar-refractivity contribution in [3.05, 3.63) is 50.1 Å². The number of rotatable bonds is 4. The Kier molecular flexibility index (Phi) is 4.54. The molecule has 0 radical (unpaired) electrons. The molecule has 0 unspecified atom stereocenters. The summed E-state index contributed by atoms with van der Waals surface area (Å²) in [7, 11) is 0. The third-order valence-corrected chi connectivity index (χ3v) is 4.34. The van der Waals surface area contributed by atoms with Crippen LogP contribution in [0.2, 0.25) is 0 Å². The molecule has 1 amide bonds. The minimum Gasteiger partial charge on any atom is -0.389 e. The molecule has 1 aromatic carbocycles. The van der Waals surface area contributed by atoms with Crippen LogP contribution in [0.3, 0.4) is 0 Å². The zero-order chi connectivity index (χ0) is 15.6. The zero-order valence-electron chi connectivity index (χ0n) is 11.7. The van der Waals surface area contributed by atoms with E-state index < -0.39 is 0 Å². The molecule has 1 heterocycles. The minimum atomic E-state index is -0.266. The number of aromatic nitrogens is 1. The van der Waals surface area contributed by atoms with Crippen molar-refractivity contribution < 1.29 is 4.79 Å². The number of nitrogens with two attached hydrogens (primary N) is 1. The number of thiazole rings is 1. The molecule has 0 aliphatic heterocycles. The fourth-order valence-electron chi connectivity index (χ4n) is 1.86. The van der Waals surface area contributed by atoms with Crippen molar-refractivity contribution in [2.24, 2.45) is 5.73 Å². The highest BCUT2D eigenvalue weighted by Crippen LogP contribution is 2.12. The Morgan fingerprint density at radius 1 is 1.43 bits per heavy atom. The lowest BCUT2D eigenvalue weighted by Gasteiger charge is -2.08. The van der Waals surface area contributed by atoms with Crippen LogP contribution in [0.4, 0.5) is 5.69 Å². The molecule has 0 fully saturated rings. The van der Waals surface area contributed by atoms with E-state index in [0.717, 1.165) is 21.9 Å². The number of thiocarbonyl (C=S) groups is 1. The van der Waals surface area contributed by atoms with E-state index in [0.29, 0.717) is 11.3 Å². The van der Waals surface area contributed by atoms with E-state index in [-0.39, 0.29) is 22.3 Å². The van der Waals surface area contributed by atoms with Gasteiger partial charge in [-0.05, 0) is 26.0 Å². The maximum Gasteiger partial charge on any atom is 0.308 e. The van der Waals surface area contributed by atoms with Gasteiger partial charge in [-0.3, -0.25) is 14.2 Å². The number of aryl methyl sites for hydroxylation is 1. The van der Waals surface area contributed by atoms with Crippen LogP contribution in [-0.2, 0) is 11.3 Å². The van der Waals surface area contributed by atoms with Crippen molar-refractivity contribution in [3.8, 4) is 0 Å². The Morgan fingerprint density at radius 3 is 2.71 bits per heavy atom. The fraction of sp³-hybridized carbons (Fsp3) is 0.214. The molecule has 0 bridgehead atoms. The molecule has 0 saturated heterocycles. The summed E-state index contributed by atoms with van der Waals surface area (Å²) in [5.41, 5.74) is 7.65. The van der Waals surface area contributed by atoms with E-state index in [9.17, 15) is 9.59 Å². The summed E-state index contributed by atoms with van der Waals surface area (Å²) < 4.78 is 1.47. The van der Waals surface area contributed by atoms with E-state index in [1.54, 1.807) is 24.3 Å². The van der Waals surface area contributed by atoms with E-state index in [1.165, 1.54) is 4.57 Å². The number of hydrogen-bond acceptors (Lipinski definition) is 4. The van der Waals surface area contributed by atoms with Crippen LogP contribution in [0.25, 0.3) is 0 Å². The highest BCUT2D eigenvalue weighted by molar-refractivity contribution is 7.80. The van der Waals surface area contributed by atoms with Crippen LogP contribution in [0.5, 0.6) is 0 Å². The van der Waals surface area contributed by atoms with Gasteiger partial charge in [0.2, 0.25) is 5.91 Å². The summed E-state index contributed by atoms with van der Waals surface area (Å²) in [6.45, 7) is 3.68. The van der Waals surface area contributed by atoms with Gasteiger partial charge in [0.05, 0.1) is 0 Å². The standard InChI is InChI=1S/C14H15N3O2S2/c1-8-9(2)21-14(19)17(8)7-12(18)16-11-5-3-4-10(6-11)13(15)20/h3-6H,7H2,1-2H3,(H2,15,20)(H,16,18). The van der Waals surface area contributed by atoms with Gasteiger partial charge in [0.1, 0.15) is 11.5 Å². The summed E-state index contributed by atoms with van der Waals surface area (Å²) >= 11 is 6.04. The van der Waals surface area contributed by atoms with Crippen LogP contribution < -0.4 is 15.9 Å². The van der Waals surface area contributed by atoms with Gasteiger partial charge in [-0.15, -0.1) is 0 Å². The monoisotopic (exact) mass is 321 g/mol. The second-order valence-electron chi connectivity index (χ2n) is 4.59. The Balaban J connectivity index is 2.13. The van der Waals surface area contributed by atoms with Crippen LogP contribution in [0.1, 0.15) is 16.1 Å². The van der Waals surface area contributed by atoms with Crippen molar-refractivity contribution in [2.45, 2.75) is 20.4 Å². The molecule has 110 valence electrons. The smallest absolute Gasteiger partial charge is 0.308 e. The number of carbonyl (C=O) groups is 1. The van der Waals surface area contributed by atoms with Crippen molar-refractivity contribution in [1.82, 2.24) is 4.57 Å². The summed E-state index contributed by atoms with van der Waals surface area (Å²) in [4.78, 5) is 24.9. The number of anilines is 1. The number of benzene rings is 1. The summed E-state index contributed by atoms with van der Waals surface area (Å²) in [6.07, 6.45) is 0. The number of amides is 1. The Labute approximate surface area is 131 Å². The first kappa shape index (κ1) is 15.4. The predicted molar refractivity (Wildman–Crippen MR) is 89.0 cm³/mol.